The molecule has 1 aromatic carbocycles. The third-order valence-corrected chi connectivity index (χ3v) is 4.16. The molecular weight excluding hydrogens is 258 g/mol. The molecule has 0 radical (unpaired) electrons. The molecule has 1 aliphatic carbocycles. The van der Waals surface area contributed by atoms with Crippen molar-refractivity contribution in [2.45, 2.75) is 25.3 Å². The molecule has 5 heteroatoms. The highest BCUT2D eigenvalue weighted by atomic mass is 32.1. The standard InChI is InChI=1S/C14H17N3OS/c1-18-11-4-2-3-9(7-11)8-16-14-12(10-5-6-10)13(15)17-19-14/h2-4,7,10,16H,5-6,8H2,1H3,(H2,15,17). The molecule has 0 atom stereocenters. The van der Waals surface area contributed by atoms with Crippen LogP contribution in [-0.4, -0.2) is 11.5 Å². The zero-order chi connectivity index (χ0) is 13.2. The molecule has 4 nitrogen and oxygen atoms in total. The molecule has 19 heavy (non-hydrogen) atoms. The van der Waals surface area contributed by atoms with Crippen molar-refractivity contribution in [2.24, 2.45) is 0 Å². The second-order valence-corrected chi connectivity index (χ2v) is 5.56. The van der Waals surface area contributed by atoms with Crippen molar-refractivity contribution in [3.63, 3.8) is 0 Å². The normalized spacial score (nSPS) is 14.4. The van der Waals surface area contributed by atoms with E-state index in [0.717, 1.165) is 17.3 Å². The van der Waals surface area contributed by atoms with Gasteiger partial charge in [0.2, 0.25) is 0 Å². The molecule has 2 aromatic rings. The van der Waals surface area contributed by atoms with E-state index in [1.165, 1.54) is 35.5 Å². The van der Waals surface area contributed by atoms with Crippen LogP contribution in [0.25, 0.3) is 0 Å². The van der Waals surface area contributed by atoms with Crippen LogP contribution in [-0.2, 0) is 6.54 Å². The fourth-order valence-corrected chi connectivity index (χ4v) is 2.96. The SMILES string of the molecule is COc1cccc(CNc2snc(N)c2C2CC2)c1. The summed E-state index contributed by atoms with van der Waals surface area (Å²) in [5, 5.41) is 4.56. The first kappa shape index (κ1) is 12.3. The second kappa shape index (κ2) is 5.09. The predicted octanol–water partition coefficient (Wildman–Crippen LogP) is 3.22. The molecule has 1 aliphatic rings. The van der Waals surface area contributed by atoms with Gasteiger partial charge in [0.1, 0.15) is 16.6 Å². The number of hydrogen-bond donors (Lipinski definition) is 2. The van der Waals surface area contributed by atoms with Crippen molar-refractivity contribution >= 4 is 22.4 Å². The quantitative estimate of drug-likeness (QED) is 0.879. The van der Waals surface area contributed by atoms with Crippen LogP contribution in [0.15, 0.2) is 24.3 Å². The highest BCUT2D eigenvalue weighted by molar-refractivity contribution is 7.10. The van der Waals surface area contributed by atoms with Crippen molar-refractivity contribution in [1.29, 1.82) is 0 Å². The molecule has 3 rings (SSSR count). The van der Waals surface area contributed by atoms with E-state index in [0.29, 0.717) is 11.7 Å². The largest absolute Gasteiger partial charge is 0.497 e. The molecule has 100 valence electrons. The van der Waals surface area contributed by atoms with E-state index in [4.69, 9.17) is 10.5 Å². The lowest BCUT2D eigenvalue weighted by Crippen LogP contribution is -2.01. The number of hydrogen-bond acceptors (Lipinski definition) is 5. The average molecular weight is 275 g/mol. The summed E-state index contributed by atoms with van der Waals surface area (Å²) in [6.07, 6.45) is 2.47. The van der Waals surface area contributed by atoms with Crippen LogP contribution in [0, 0.1) is 0 Å². The van der Waals surface area contributed by atoms with Gasteiger partial charge in [-0.2, -0.15) is 4.37 Å². The molecular formula is C14H17N3OS. The Balaban J connectivity index is 1.72. The van der Waals surface area contributed by atoms with Crippen LogP contribution in [0.2, 0.25) is 0 Å². The van der Waals surface area contributed by atoms with Gasteiger partial charge in [0.05, 0.1) is 7.11 Å². The van der Waals surface area contributed by atoms with Crippen LogP contribution in [0.4, 0.5) is 10.8 Å². The number of methoxy groups -OCH3 is 1. The van der Waals surface area contributed by atoms with Crippen LogP contribution in [0.3, 0.4) is 0 Å². The van der Waals surface area contributed by atoms with E-state index in [1.54, 1.807) is 7.11 Å². The van der Waals surface area contributed by atoms with E-state index in [-0.39, 0.29) is 0 Å². The third-order valence-electron chi connectivity index (χ3n) is 3.33. The predicted molar refractivity (Wildman–Crippen MR) is 78.8 cm³/mol. The Kier molecular flexibility index (Phi) is 3.29. The van der Waals surface area contributed by atoms with Gasteiger partial charge in [-0.05, 0) is 48.0 Å². The minimum absolute atomic E-state index is 0.617. The molecule has 0 amide bonds. The lowest BCUT2D eigenvalue weighted by molar-refractivity contribution is 0.414. The van der Waals surface area contributed by atoms with Crippen LogP contribution >= 0.6 is 11.5 Å². The first-order valence-electron chi connectivity index (χ1n) is 6.39. The van der Waals surface area contributed by atoms with Crippen molar-refractivity contribution in [2.75, 3.05) is 18.2 Å². The van der Waals surface area contributed by atoms with Crippen molar-refractivity contribution < 1.29 is 4.74 Å². The molecule has 1 aromatic heterocycles. The van der Waals surface area contributed by atoms with E-state index in [1.807, 2.05) is 18.2 Å². The maximum Gasteiger partial charge on any atom is 0.142 e. The van der Waals surface area contributed by atoms with Crippen molar-refractivity contribution in [3.05, 3.63) is 35.4 Å². The third kappa shape index (κ3) is 2.66. The minimum Gasteiger partial charge on any atom is -0.497 e. The number of aromatic nitrogens is 1. The van der Waals surface area contributed by atoms with Gasteiger partial charge in [-0.1, -0.05) is 12.1 Å². The Bertz CT molecular complexity index is 578. The van der Waals surface area contributed by atoms with Crippen molar-refractivity contribution in [3.8, 4) is 5.75 Å². The Morgan fingerprint density at radius 1 is 1.47 bits per heavy atom. The Morgan fingerprint density at radius 2 is 2.32 bits per heavy atom. The first-order chi connectivity index (χ1) is 9.28. The lowest BCUT2D eigenvalue weighted by Gasteiger charge is -2.08. The Labute approximate surface area is 116 Å². The number of anilines is 2. The summed E-state index contributed by atoms with van der Waals surface area (Å²) in [6, 6.07) is 8.06. The van der Waals surface area contributed by atoms with Gasteiger partial charge >= 0.3 is 0 Å². The molecule has 0 unspecified atom stereocenters. The van der Waals surface area contributed by atoms with Gasteiger partial charge in [0, 0.05) is 12.1 Å². The number of nitrogens with zero attached hydrogens (tertiary/aromatic N) is 1. The smallest absolute Gasteiger partial charge is 0.142 e. The molecule has 0 saturated heterocycles. The summed E-state index contributed by atoms with van der Waals surface area (Å²) in [6.45, 7) is 0.762. The monoisotopic (exact) mass is 275 g/mol. The highest BCUT2D eigenvalue weighted by Gasteiger charge is 2.30. The summed E-state index contributed by atoms with van der Waals surface area (Å²) >= 11 is 1.46. The van der Waals surface area contributed by atoms with Crippen LogP contribution in [0.5, 0.6) is 5.75 Å². The molecule has 1 fully saturated rings. The highest BCUT2D eigenvalue weighted by Crippen LogP contribution is 2.47. The number of nitrogens with two attached hydrogens (primary N) is 1. The van der Waals surface area contributed by atoms with Gasteiger partial charge in [-0.3, -0.25) is 0 Å². The van der Waals surface area contributed by atoms with Gasteiger partial charge < -0.3 is 15.8 Å². The Morgan fingerprint density at radius 3 is 3.05 bits per heavy atom. The molecule has 0 spiro atoms. The van der Waals surface area contributed by atoms with E-state index in [9.17, 15) is 0 Å². The second-order valence-electron chi connectivity index (χ2n) is 4.79. The maximum atomic E-state index is 5.94. The molecule has 1 saturated carbocycles. The van der Waals surface area contributed by atoms with Gasteiger partial charge in [0.25, 0.3) is 0 Å². The number of nitrogens with one attached hydrogen (secondary N) is 1. The number of rotatable bonds is 5. The van der Waals surface area contributed by atoms with Crippen LogP contribution in [0.1, 0.15) is 29.9 Å². The Hall–Kier alpha value is -1.75. The lowest BCUT2D eigenvalue weighted by atomic mass is 10.2. The summed E-state index contributed by atoms with van der Waals surface area (Å²) in [5.41, 5.74) is 8.34. The summed E-state index contributed by atoms with van der Waals surface area (Å²) in [7, 11) is 1.68. The summed E-state index contributed by atoms with van der Waals surface area (Å²) < 4.78 is 9.48. The number of benzene rings is 1. The molecule has 0 aliphatic heterocycles. The molecule has 1 heterocycles. The van der Waals surface area contributed by atoms with E-state index < -0.39 is 0 Å². The van der Waals surface area contributed by atoms with Crippen LogP contribution < -0.4 is 15.8 Å². The number of ether oxygens (including phenoxy) is 1. The van der Waals surface area contributed by atoms with Crippen molar-refractivity contribution in [1.82, 2.24) is 4.37 Å². The van der Waals surface area contributed by atoms with Gasteiger partial charge in [-0.25, -0.2) is 0 Å². The van der Waals surface area contributed by atoms with E-state index >= 15 is 0 Å². The maximum absolute atomic E-state index is 5.94. The zero-order valence-corrected chi connectivity index (χ0v) is 11.7. The molecule has 3 N–H and O–H groups in total. The van der Waals surface area contributed by atoms with Gasteiger partial charge in [0.15, 0.2) is 0 Å². The fraction of sp³-hybridized carbons (Fsp3) is 0.357. The molecule has 0 bridgehead atoms. The number of nitrogen functional groups attached to an aromatic ring is 1. The first-order valence-corrected chi connectivity index (χ1v) is 7.17. The summed E-state index contributed by atoms with van der Waals surface area (Å²) in [4.78, 5) is 0. The summed E-state index contributed by atoms with van der Waals surface area (Å²) in [5.74, 6) is 2.19. The zero-order valence-electron chi connectivity index (χ0n) is 10.8. The average Bonchev–Trinajstić information content (AvgIpc) is 3.20. The topological polar surface area (TPSA) is 60.2 Å². The minimum atomic E-state index is 0.617. The van der Waals surface area contributed by atoms with Gasteiger partial charge in [-0.15, -0.1) is 0 Å². The van der Waals surface area contributed by atoms with E-state index in [2.05, 4.69) is 15.8 Å². The fourth-order valence-electron chi connectivity index (χ4n) is 2.17.